The van der Waals surface area contributed by atoms with Gasteiger partial charge in [0.15, 0.2) is 0 Å². The lowest BCUT2D eigenvalue weighted by Crippen LogP contribution is -2.34. The molecule has 0 spiro atoms. The van der Waals surface area contributed by atoms with Crippen LogP contribution >= 0.6 is 0 Å². The topological polar surface area (TPSA) is 24.5 Å². The molecule has 0 amide bonds. The summed E-state index contributed by atoms with van der Waals surface area (Å²) < 4.78 is 5.15. The number of nitrogens with zero attached hydrogens (tertiary/aromatic N) is 1. The molecule has 0 bridgehead atoms. The van der Waals surface area contributed by atoms with E-state index >= 15 is 0 Å². The molecule has 14 heavy (non-hydrogen) atoms. The van der Waals surface area contributed by atoms with Crippen LogP contribution in [0.5, 0.6) is 0 Å². The van der Waals surface area contributed by atoms with Crippen LogP contribution in [0.15, 0.2) is 0 Å². The van der Waals surface area contributed by atoms with E-state index in [-0.39, 0.29) is 0 Å². The van der Waals surface area contributed by atoms with Crippen LogP contribution in [0.4, 0.5) is 0 Å². The third-order valence-corrected chi connectivity index (χ3v) is 2.79. The van der Waals surface area contributed by atoms with Crippen LogP contribution in [0.1, 0.15) is 20.3 Å². The van der Waals surface area contributed by atoms with E-state index in [2.05, 4.69) is 24.1 Å². The quantitative estimate of drug-likeness (QED) is 0.691. The number of hydrogen-bond acceptors (Lipinski definition) is 3. The smallest absolute Gasteiger partial charge is 0.0500 e. The maximum atomic E-state index is 5.15. The number of likely N-dealkylation sites (tertiary alicyclic amines) is 1. The first kappa shape index (κ1) is 12.0. The zero-order valence-corrected chi connectivity index (χ0v) is 9.75. The third kappa shape index (κ3) is 3.95. The summed E-state index contributed by atoms with van der Waals surface area (Å²) in [6.07, 6.45) is 1.30. The lowest BCUT2D eigenvalue weighted by molar-refractivity contribution is 0.136. The first-order chi connectivity index (χ1) is 6.76. The van der Waals surface area contributed by atoms with Crippen molar-refractivity contribution in [3.05, 3.63) is 0 Å². The van der Waals surface area contributed by atoms with Crippen LogP contribution in [0, 0.1) is 5.92 Å². The number of likely N-dealkylation sites (N-methyl/N-ethyl adjacent to an activating group) is 1. The minimum absolute atomic E-state index is 0.653. The summed E-state index contributed by atoms with van der Waals surface area (Å²) in [4.78, 5) is 2.54. The second kappa shape index (κ2) is 6.38. The summed E-state index contributed by atoms with van der Waals surface area (Å²) in [5, 5.41) is 3.51. The van der Waals surface area contributed by atoms with Crippen LogP contribution in [-0.4, -0.2) is 50.8 Å². The SMILES string of the molecule is CCNC1CCN(CC(C)COC)C1. The van der Waals surface area contributed by atoms with Crippen LogP contribution in [0.3, 0.4) is 0 Å². The molecule has 1 aliphatic rings. The Morgan fingerprint density at radius 1 is 1.57 bits per heavy atom. The Hall–Kier alpha value is -0.120. The number of methoxy groups -OCH3 is 1. The summed E-state index contributed by atoms with van der Waals surface area (Å²) in [5.41, 5.74) is 0. The van der Waals surface area contributed by atoms with E-state index in [0.717, 1.165) is 19.2 Å². The second-order valence-electron chi connectivity index (χ2n) is 4.36. The minimum Gasteiger partial charge on any atom is -0.384 e. The average Bonchev–Trinajstić information content (AvgIpc) is 2.53. The molecule has 1 saturated heterocycles. The molecule has 3 nitrogen and oxygen atoms in total. The molecule has 0 aliphatic carbocycles. The van der Waals surface area contributed by atoms with Crippen LogP contribution in [0.2, 0.25) is 0 Å². The van der Waals surface area contributed by atoms with E-state index in [1.54, 1.807) is 7.11 Å². The molecule has 1 N–H and O–H groups in total. The lowest BCUT2D eigenvalue weighted by atomic mass is 10.2. The molecule has 0 aromatic carbocycles. The molecule has 0 aromatic heterocycles. The third-order valence-electron chi connectivity index (χ3n) is 2.79. The second-order valence-corrected chi connectivity index (χ2v) is 4.36. The zero-order valence-electron chi connectivity index (χ0n) is 9.75. The highest BCUT2D eigenvalue weighted by molar-refractivity contribution is 4.81. The van der Waals surface area contributed by atoms with Gasteiger partial charge in [0.05, 0.1) is 0 Å². The van der Waals surface area contributed by atoms with Crippen molar-refractivity contribution in [2.45, 2.75) is 26.3 Å². The maximum absolute atomic E-state index is 5.15. The highest BCUT2D eigenvalue weighted by Crippen LogP contribution is 2.11. The number of rotatable bonds is 6. The first-order valence-electron chi connectivity index (χ1n) is 5.71. The standard InChI is InChI=1S/C11H24N2O/c1-4-12-11-5-6-13(8-11)7-10(2)9-14-3/h10-12H,4-9H2,1-3H3. The number of nitrogens with one attached hydrogen (secondary N) is 1. The predicted octanol–water partition coefficient (Wildman–Crippen LogP) is 0.953. The van der Waals surface area contributed by atoms with E-state index in [1.807, 2.05) is 0 Å². The lowest BCUT2D eigenvalue weighted by Gasteiger charge is -2.20. The summed E-state index contributed by atoms with van der Waals surface area (Å²) in [6.45, 7) is 10.0. The Kier molecular flexibility index (Phi) is 5.45. The van der Waals surface area contributed by atoms with E-state index in [9.17, 15) is 0 Å². The van der Waals surface area contributed by atoms with Gasteiger partial charge < -0.3 is 15.0 Å². The van der Waals surface area contributed by atoms with Crippen molar-refractivity contribution < 1.29 is 4.74 Å². The zero-order chi connectivity index (χ0) is 10.4. The van der Waals surface area contributed by atoms with Gasteiger partial charge in [-0.05, 0) is 25.4 Å². The van der Waals surface area contributed by atoms with Gasteiger partial charge in [-0.3, -0.25) is 0 Å². The molecule has 3 heteroatoms. The molecule has 1 aliphatic heterocycles. The van der Waals surface area contributed by atoms with Crippen molar-refractivity contribution in [3.8, 4) is 0 Å². The summed E-state index contributed by atoms with van der Waals surface area (Å²) >= 11 is 0. The first-order valence-corrected chi connectivity index (χ1v) is 5.71. The molecule has 0 aromatic rings. The Morgan fingerprint density at radius 3 is 3.00 bits per heavy atom. The fraction of sp³-hybridized carbons (Fsp3) is 1.00. The maximum Gasteiger partial charge on any atom is 0.0500 e. The van der Waals surface area contributed by atoms with Gasteiger partial charge in [0, 0.05) is 32.8 Å². The molecule has 1 heterocycles. The van der Waals surface area contributed by atoms with E-state index in [1.165, 1.54) is 26.1 Å². The van der Waals surface area contributed by atoms with Gasteiger partial charge >= 0.3 is 0 Å². The normalized spacial score (nSPS) is 25.5. The van der Waals surface area contributed by atoms with E-state index in [4.69, 9.17) is 4.74 Å². The predicted molar refractivity (Wildman–Crippen MR) is 59.6 cm³/mol. The molecule has 84 valence electrons. The van der Waals surface area contributed by atoms with Gasteiger partial charge in [0.25, 0.3) is 0 Å². The van der Waals surface area contributed by atoms with Gasteiger partial charge in [0.1, 0.15) is 0 Å². The Bertz CT molecular complexity index is 152. The van der Waals surface area contributed by atoms with Crippen molar-refractivity contribution in [2.24, 2.45) is 5.92 Å². The highest BCUT2D eigenvalue weighted by atomic mass is 16.5. The molecular weight excluding hydrogens is 176 g/mol. The van der Waals surface area contributed by atoms with Gasteiger partial charge in [-0.15, -0.1) is 0 Å². The molecular formula is C11H24N2O. The summed E-state index contributed by atoms with van der Waals surface area (Å²) in [7, 11) is 1.78. The molecule has 0 saturated carbocycles. The van der Waals surface area contributed by atoms with Crippen molar-refractivity contribution >= 4 is 0 Å². The van der Waals surface area contributed by atoms with Gasteiger partial charge in [-0.2, -0.15) is 0 Å². The summed E-state index contributed by atoms with van der Waals surface area (Å²) in [6, 6.07) is 0.717. The van der Waals surface area contributed by atoms with Crippen molar-refractivity contribution in [1.82, 2.24) is 10.2 Å². The highest BCUT2D eigenvalue weighted by Gasteiger charge is 2.22. The van der Waals surface area contributed by atoms with Crippen LogP contribution < -0.4 is 5.32 Å². The van der Waals surface area contributed by atoms with Crippen LogP contribution in [0.25, 0.3) is 0 Å². The Labute approximate surface area is 87.8 Å². The monoisotopic (exact) mass is 200 g/mol. The van der Waals surface area contributed by atoms with Gasteiger partial charge in [0.2, 0.25) is 0 Å². The fourth-order valence-corrected chi connectivity index (χ4v) is 2.23. The Balaban J connectivity index is 2.15. The summed E-state index contributed by atoms with van der Waals surface area (Å²) in [5.74, 6) is 0.653. The van der Waals surface area contributed by atoms with E-state index in [0.29, 0.717) is 5.92 Å². The largest absolute Gasteiger partial charge is 0.384 e. The molecule has 2 atom stereocenters. The Morgan fingerprint density at radius 2 is 2.36 bits per heavy atom. The molecule has 2 unspecified atom stereocenters. The molecule has 1 rings (SSSR count). The van der Waals surface area contributed by atoms with Crippen LogP contribution in [-0.2, 0) is 4.74 Å². The van der Waals surface area contributed by atoms with Gasteiger partial charge in [-0.1, -0.05) is 13.8 Å². The van der Waals surface area contributed by atoms with Crippen molar-refractivity contribution in [1.29, 1.82) is 0 Å². The minimum atomic E-state index is 0.653. The van der Waals surface area contributed by atoms with Crippen molar-refractivity contribution in [2.75, 3.05) is 39.9 Å². The molecule has 0 radical (unpaired) electrons. The number of hydrogen-bond donors (Lipinski definition) is 1. The van der Waals surface area contributed by atoms with Crippen molar-refractivity contribution in [3.63, 3.8) is 0 Å². The fourth-order valence-electron chi connectivity index (χ4n) is 2.23. The molecule has 1 fully saturated rings. The van der Waals surface area contributed by atoms with E-state index < -0.39 is 0 Å². The average molecular weight is 200 g/mol. The van der Waals surface area contributed by atoms with Gasteiger partial charge in [-0.25, -0.2) is 0 Å². The number of ether oxygens (including phenoxy) is 1.